The molecule has 4 aromatic rings. The molecule has 6 rings (SSSR count). The highest BCUT2D eigenvalue weighted by Gasteiger charge is 2.74. The maximum atomic E-state index is 13.4. The topological polar surface area (TPSA) is 96.9 Å². The van der Waals surface area contributed by atoms with Crippen LogP contribution in [-0.4, -0.2) is 50.2 Å². The molecule has 1 fully saturated rings. The summed E-state index contributed by atoms with van der Waals surface area (Å²) < 4.78 is 8.96. The largest absolute Gasteiger partial charge is 0.494 e. The molecule has 2 aromatic heterocycles. The van der Waals surface area contributed by atoms with Crippen LogP contribution in [0.25, 0.3) is 33.2 Å². The van der Waals surface area contributed by atoms with Crippen molar-refractivity contribution in [2.75, 3.05) is 14.2 Å². The van der Waals surface area contributed by atoms with E-state index in [0.29, 0.717) is 33.4 Å². The Bertz CT molecular complexity index is 1480. The van der Waals surface area contributed by atoms with Crippen molar-refractivity contribution >= 4 is 33.6 Å². The van der Waals surface area contributed by atoms with Gasteiger partial charge in [-0.1, -0.05) is 30.3 Å². The van der Waals surface area contributed by atoms with Gasteiger partial charge in [-0.05, 0) is 18.2 Å². The summed E-state index contributed by atoms with van der Waals surface area (Å²) in [5, 5.41) is 25.2. The third-order valence-electron chi connectivity index (χ3n) is 6.77. The van der Waals surface area contributed by atoms with Gasteiger partial charge in [-0.15, -0.1) is 0 Å². The second-order valence-electron chi connectivity index (χ2n) is 8.09. The van der Waals surface area contributed by atoms with Gasteiger partial charge in [-0.25, -0.2) is 0 Å². The molecule has 4 heterocycles. The van der Waals surface area contributed by atoms with Crippen LogP contribution in [0.5, 0.6) is 5.75 Å². The van der Waals surface area contributed by atoms with Crippen molar-refractivity contribution in [3.05, 3.63) is 54.1 Å². The summed E-state index contributed by atoms with van der Waals surface area (Å²) in [7, 11) is 4.61. The molecule has 2 aliphatic heterocycles. The predicted octanol–water partition coefficient (Wildman–Crippen LogP) is 1.65. The Kier molecular flexibility index (Phi) is 3.13. The molecular weight excluding hydrogens is 398 g/mol. The van der Waals surface area contributed by atoms with Gasteiger partial charge in [0, 0.05) is 35.9 Å². The van der Waals surface area contributed by atoms with Gasteiger partial charge in [-0.3, -0.25) is 19.1 Å². The van der Waals surface area contributed by atoms with Crippen LogP contribution >= 0.6 is 0 Å². The Balaban J connectivity index is 1.96. The predicted molar refractivity (Wildman–Crippen MR) is 112 cm³/mol. The minimum Gasteiger partial charge on any atom is -0.494 e. The number of imide groups is 1. The molecule has 2 atom stereocenters. The number of carbonyl (C=O) groups is 2. The van der Waals surface area contributed by atoms with Crippen molar-refractivity contribution in [2.24, 2.45) is 7.05 Å². The van der Waals surface area contributed by atoms with E-state index in [1.807, 2.05) is 35.9 Å². The maximum Gasteiger partial charge on any atom is 0.286 e. The fourth-order valence-corrected chi connectivity index (χ4v) is 5.41. The lowest BCUT2D eigenvalue weighted by Crippen LogP contribution is -2.58. The Morgan fingerprint density at radius 1 is 0.839 bits per heavy atom. The van der Waals surface area contributed by atoms with Crippen LogP contribution in [0, 0.1) is 0 Å². The number of ether oxygens (including phenoxy) is 1. The molecule has 0 aliphatic carbocycles. The van der Waals surface area contributed by atoms with E-state index in [2.05, 4.69) is 0 Å². The lowest BCUT2D eigenvalue weighted by molar-refractivity contribution is -0.193. The number of likely N-dealkylation sites (tertiary alicyclic amines) is 1. The fourth-order valence-electron chi connectivity index (χ4n) is 5.41. The molecule has 8 nitrogen and oxygen atoms in total. The van der Waals surface area contributed by atoms with Crippen LogP contribution in [0.4, 0.5) is 0 Å². The van der Waals surface area contributed by atoms with Crippen molar-refractivity contribution in [3.8, 4) is 17.1 Å². The zero-order valence-corrected chi connectivity index (χ0v) is 17.1. The Labute approximate surface area is 176 Å². The molecule has 0 unspecified atom stereocenters. The normalized spacial score (nSPS) is 24.6. The van der Waals surface area contributed by atoms with Gasteiger partial charge >= 0.3 is 0 Å². The first-order chi connectivity index (χ1) is 14.8. The summed E-state index contributed by atoms with van der Waals surface area (Å²) >= 11 is 0. The molecule has 0 radical (unpaired) electrons. The lowest BCUT2D eigenvalue weighted by Gasteiger charge is -2.40. The van der Waals surface area contributed by atoms with E-state index in [1.54, 1.807) is 24.3 Å². The third-order valence-corrected chi connectivity index (χ3v) is 6.77. The summed E-state index contributed by atoms with van der Waals surface area (Å²) in [6.07, 6.45) is 0. The number of nitrogens with zero attached hydrogens (tertiary/aromatic N) is 3. The molecular formula is C23H19N3O5. The van der Waals surface area contributed by atoms with E-state index in [1.165, 1.54) is 18.7 Å². The van der Waals surface area contributed by atoms with Crippen LogP contribution in [0.2, 0.25) is 0 Å². The van der Waals surface area contributed by atoms with E-state index in [-0.39, 0.29) is 5.56 Å². The molecule has 2 aromatic carbocycles. The molecule has 2 N–H and O–H groups in total. The molecule has 2 aliphatic rings. The van der Waals surface area contributed by atoms with Crippen molar-refractivity contribution in [1.29, 1.82) is 0 Å². The van der Waals surface area contributed by atoms with Gasteiger partial charge in [0.1, 0.15) is 5.69 Å². The summed E-state index contributed by atoms with van der Waals surface area (Å²) in [6.45, 7) is 0. The van der Waals surface area contributed by atoms with Crippen LogP contribution in [-0.2, 0) is 28.0 Å². The highest BCUT2D eigenvalue weighted by Crippen LogP contribution is 2.59. The number of methoxy groups -OCH3 is 1. The van der Waals surface area contributed by atoms with Gasteiger partial charge < -0.3 is 19.5 Å². The number of benzene rings is 2. The highest BCUT2D eigenvalue weighted by atomic mass is 16.5. The Morgan fingerprint density at radius 2 is 1.45 bits per heavy atom. The van der Waals surface area contributed by atoms with Crippen molar-refractivity contribution in [3.63, 3.8) is 0 Å². The van der Waals surface area contributed by atoms with Gasteiger partial charge in [0.05, 0.1) is 18.3 Å². The third kappa shape index (κ3) is 1.65. The standard InChI is InChI=1S/C23H19N3O5/c1-24-14-10-6-4-8-12(14)16-17(24)18-19(31-3)13-9-5-7-11-15(13)26(18)23(30)21(28)25(2)20(27)22(16,23)29/h4-11,29-30H,1-3H3/t22-,23+/m1/s1. The van der Waals surface area contributed by atoms with E-state index in [4.69, 9.17) is 4.74 Å². The average molecular weight is 417 g/mol. The summed E-state index contributed by atoms with van der Waals surface area (Å²) in [6, 6.07) is 14.4. The number of rotatable bonds is 1. The molecule has 2 amide bonds. The molecule has 0 saturated carbocycles. The van der Waals surface area contributed by atoms with Gasteiger partial charge in [0.25, 0.3) is 17.5 Å². The first kappa shape index (κ1) is 18.2. The second-order valence-corrected chi connectivity index (χ2v) is 8.09. The molecule has 0 spiro atoms. The van der Waals surface area contributed by atoms with Crippen LogP contribution in [0.3, 0.4) is 0 Å². The Morgan fingerprint density at radius 3 is 2.13 bits per heavy atom. The van der Waals surface area contributed by atoms with E-state index < -0.39 is 23.1 Å². The van der Waals surface area contributed by atoms with Gasteiger partial charge in [-0.2, -0.15) is 0 Å². The van der Waals surface area contributed by atoms with Gasteiger partial charge in [0.15, 0.2) is 5.75 Å². The lowest BCUT2D eigenvalue weighted by atomic mass is 9.79. The number of amides is 2. The molecule has 156 valence electrons. The van der Waals surface area contributed by atoms with E-state index in [0.717, 1.165) is 10.4 Å². The monoisotopic (exact) mass is 417 g/mol. The number of aromatic nitrogens is 2. The minimum absolute atomic E-state index is 0.199. The number of para-hydroxylation sites is 2. The fraction of sp³-hybridized carbons (Fsp3) is 0.217. The summed E-state index contributed by atoms with van der Waals surface area (Å²) in [5.74, 6) is -1.32. The van der Waals surface area contributed by atoms with Crippen LogP contribution in [0.15, 0.2) is 48.5 Å². The second kappa shape index (κ2) is 5.35. The van der Waals surface area contributed by atoms with Crippen molar-refractivity contribution < 1.29 is 24.5 Å². The average Bonchev–Trinajstić information content (AvgIpc) is 3.32. The molecule has 31 heavy (non-hydrogen) atoms. The molecule has 0 bridgehead atoms. The molecule has 8 heteroatoms. The first-order valence-electron chi connectivity index (χ1n) is 9.83. The van der Waals surface area contributed by atoms with Crippen molar-refractivity contribution in [2.45, 2.75) is 11.3 Å². The quantitative estimate of drug-likeness (QED) is 0.459. The zero-order valence-electron chi connectivity index (χ0n) is 17.1. The SMILES string of the molecule is COc1c2n(c3ccccc13)[C@]1(O)C(=O)N(C)C(=O)[C@]1(O)c1c-2n(C)c2ccccc12. The van der Waals surface area contributed by atoms with Crippen molar-refractivity contribution in [1.82, 2.24) is 14.0 Å². The first-order valence-corrected chi connectivity index (χ1v) is 9.83. The van der Waals surface area contributed by atoms with Crippen LogP contribution < -0.4 is 4.74 Å². The minimum atomic E-state index is -2.57. The number of hydrogen-bond donors (Lipinski definition) is 2. The van der Waals surface area contributed by atoms with Crippen LogP contribution in [0.1, 0.15) is 5.56 Å². The highest BCUT2D eigenvalue weighted by molar-refractivity contribution is 6.17. The summed E-state index contributed by atoms with van der Waals surface area (Å²) in [4.78, 5) is 27.5. The number of fused-ring (bicyclic) bond motifs is 10. The number of aryl methyl sites for hydroxylation is 1. The maximum absolute atomic E-state index is 13.4. The Hall–Kier alpha value is -3.62. The van der Waals surface area contributed by atoms with E-state index >= 15 is 0 Å². The molecule has 1 saturated heterocycles. The van der Waals surface area contributed by atoms with Gasteiger partial charge in [0.2, 0.25) is 5.60 Å². The number of likely N-dealkylation sites (N-methyl/N-ethyl adjacent to an activating group) is 1. The smallest absolute Gasteiger partial charge is 0.286 e. The zero-order chi connectivity index (χ0) is 21.9. The number of hydrogen-bond acceptors (Lipinski definition) is 5. The number of carbonyl (C=O) groups excluding carboxylic acids is 2. The van der Waals surface area contributed by atoms with E-state index in [9.17, 15) is 19.8 Å². The number of aliphatic hydroxyl groups is 2. The summed E-state index contributed by atoms with van der Waals surface area (Å²) in [5.41, 5.74) is -2.71.